The highest BCUT2D eigenvalue weighted by molar-refractivity contribution is 7.99. The van der Waals surface area contributed by atoms with Crippen molar-refractivity contribution < 1.29 is 0 Å². The van der Waals surface area contributed by atoms with E-state index in [9.17, 15) is 9.59 Å². The Labute approximate surface area is 185 Å². The zero-order valence-corrected chi connectivity index (χ0v) is 19.5. The molecule has 0 radical (unpaired) electrons. The van der Waals surface area contributed by atoms with Gasteiger partial charge in [0, 0.05) is 51.4 Å². The average Bonchev–Trinajstić information content (AvgIpc) is 3.10. The van der Waals surface area contributed by atoms with Crippen molar-refractivity contribution >= 4 is 28.9 Å². The minimum Gasteiger partial charge on any atom is -0.342 e. The number of anilines is 1. The van der Waals surface area contributed by atoms with E-state index in [0.29, 0.717) is 40.5 Å². The SMILES string of the molecule is Cc1ccnc(SCCn2c(N3CC(C)CC(C)C3)nc3c2c(=O)n(C)c(=O)n3C)n1. The summed E-state index contributed by atoms with van der Waals surface area (Å²) in [6.07, 6.45) is 2.93. The van der Waals surface area contributed by atoms with Crippen molar-refractivity contribution in [2.24, 2.45) is 25.9 Å². The number of hydrogen-bond acceptors (Lipinski definition) is 7. The van der Waals surface area contributed by atoms with E-state index in [2.05, 4.69) is 28.7 Å². The third kappa shape index (κ3) is 4.13. The van der Waals surface area contributed by atoms with Gasteiger partial charge < -0.3 is 9.47 Å². The molecular weight excluding hydrogens is 414 g/mol. The molecule has 9 nitrogen and oxygen atoms in total. The van der Waals surface area contributed by atoms with E-state index in [1.165, 1.54) is 18.0 Å². The number of rotatable bonds is 5. The maximum Gasteiger partial charge on any atom is 0.332 e. The lowest BCUT2D eigenvalue weighted by molar-refractivity contribution is 0.352. The van der Waals surface area contributed by atoms with E-state index in [0.717, 1.165) is 29.3 Å². The Bertz CT molecular complexity index is 1220. The normalized spacial score (nSPS) is 19.3. The van der Waals surface area contributed by atoms with Crippen molar-refractivity contribution in [2.45, 2.75) is 38.9 Å². The van der Waals surface area contributed by atoms with Gasteiger partial charge in [0.05, 0.1) is 0 Å². The van der Waals surface area contributed by atoms with Gasteiger partial charge in [-0.05, 0) is 31.2 Å². The van der Waals surface area contributed by atoms with E-state index in [1.807, 2.05) is 17.6 Å². The minimum atomic E-state index is -0.364. The van der Waals surface area contributed by atoms with Crippen LogP contribution < -0.4 is 16.1 Å². The largest absolute Gasteiger partial charge is 0.342 e. The predicted octanol–water partition coefficient (Wildman–Crippen LogP) is 1.81. The molecule has 0 spiro atoms. The molecule has 0 amide bonds. The molecule has 1 aliphatic heterocycles. The summed E-state index contributed by atoms with van der Waals surface area (Å²) in [5.74, 6) is 2.53. The lowest BCUT2D eigenvalue weighted by Gasteiger charge is -2.35. The molecule has 0 bridgehead atoms. The first-order valence-corrected chi connectivity index (χ1v) is 11.6. The van der Waals surface area contributed by atoms with E-state index >= 15 is 0 Å². The Morgan fingerprint density at radius 3 is 2.48 bits per heavy atom. The van der Waals surface area contributed by atoms with Gasteiger partial charge >= 0.3 is 5.69 Å². The average molecular weight is 444 g/mol. The van der Waals surface area contributed by atoms with Crippen molar-refractivity contribution in [3.8, 4) is 0 Å². The molecule has 0 N–H and O–H groups in total. The highest BCUT2D eigenvalue weighted by Gasteiger charge is 2.28. The Hall–Kier alpha value is -2.62. The summed E-state index contributed by atoms with van der Waals surface area (Å²) in [7, 11) is 3.18. The van der Waals surface area contributed by atoms with Crippen LogP contribution >= 0.6 is 11.8 Å². The van der Waals surface area contributed by atoms with Gasteiger partial charge in [-0.2, -0.15) is 4.98 Å². The van der Waals surface area contributed by atoms with E-state index in [-0.39, 0.29) is 11.2 Å². The van der Waals surface area contributed by atoms with Gasteiger partial charge in [0.1, 0.15) is 0 Å². The van der Waals surface area contributed by atoms with Gasteiger partial charge in [-0.1, -0.05) is 25.6 Å². The first-order chi connectivity index (χ1) is 14.8. The zero-order valence-electron chi connectivity index (χ0n) is 18.7. The van der Waals surface area contributed by atoms with Crippen molar-refractivity contribution in [3.05, 3.63) is 38.8 Å². The van der Waals surface area contributed by atoms with Crippen LogP contribution in [-0.4, -0.2) is 47.5 Å². The molecule has 1 saturated heterocycles. The molecule has 2 unspecified atom stereocenters. The molecule has 31 heavy (non-hydrogen) atoms. The first-order valence-electron chi connectivity index (χ1n) is 10.6. The molecule has 0 aliphatic carbocycles. The maximum absolute atomic E-state index is 13.1. The number of fused-ring (bicyclic) bond motifs is 1. The molecule has 166 valence electrons. The number of imidazole rings is 1. The summed E-state index contributed by atoms with van der Waals surface area (Å²) in [6.45, 7) is 8.77. The van der Waals surface area contributed by atoms with Crippen LogP contribution in [-0.2, 0) is 20.6 Å². The van der Waals surface area contributed by atoms with E-state index in [4.69, 9.17) is 4.98 Å². The second kappa shape index (κ2) is 8.49. The van der Waals surface area contributed by atoms with E-state index in [1.54, 1.807) is 25.0 Å². The van der Waals surface area contributed by atoms with Crippen LogP contribution in [0.1, 0.15) is 26.0 Å². The van der Waals surface area contributed by atoms with Crippen LogP contribution in [0.4, 0.5) is 5.95 Å². The van der Waals surface area contributed by atoms with Crippen LogP contribution in [0.2, 0.25) is 0 Å². The molecule has 0 saturated carbocycles. The number of aryl methyl sites for hydroxylation is 3. The second-order valence-electron chi connectivity index (χ2n) is 8.62. The molecule has 1 aliphatic rings. The number of nitrogens with zero attached hydrogens (tertiary/aromatic N) is 7. The maximum atomic E-state index is 13.1. The highest BCUT2D eigenvalue weighted by atomic mass is 32.2. The summed E-state index contributed by atoms with van der Waals surface area (Å²) in [5, 5.41) is 0.714. The van der Waals surface area contributed by atoms with Crippen LogP contribution in [0.15, 0.2) is 27.0 Å². The highest BCUT2D eigenvalue weighted by Crippen LogP contribution is 2.28. The fourth-order valence-corrected chi connectivity index (χ4v) is 5.24. The van der Waals surface area contributed by atoms with Crippen LogP contribution in [0, 0.1) is 18.8 Å². The lowest BCUT2D eigenvalue weighted by Crippen LogP contribution is -2.40. The molecule has 4 heterocycles. The molecule has 2 atom stereocenters. The quantitative estimate of drug-likeness (QED) is 0.439. The molecular formula is C21H29N7O2S. The number of thioether (sulfide) groups is 1. The molecule has 3 aromatic heterocycles. The predicted molar refractivity (Wildman–Crippen MR) is 123 cm³/mol. The Morgan fingerprint density at radius 2 is 1.81 bits per heavy atom. The van der Waals surface area contributed by atoms with Crippen molar-refractivity contribution in [3.63, 3.8) is 0 Å². The lowest BCUT2D eigenvalue weighted by atomic mass is 9.92. The van der Waals surface area contributed by atoms with E-state index < -0.39 is 0 Å². The fraction of sp³-hybridized carbons (Fsp3) is 0.571. The molecule has 10 heteroatoms. The zero-order chi connectivity index (χ0) is 22.3. The summed E-state index contributed by atoms with van der Waals surface area (Å²) < 4.78 is 4.59. The Kier molecular flexibility index (Phi) is 5.92. The topological polar surface area (TPSA) is 90.8 Å². The van der Waals surface area contributed by atoms with Gasteiger partial charge in [0.2, 0.25) is 5.95 Å². The van der Waals surface area contributed by atoms with Gasteiger partial charge in [-0.3, -0.25) is 13.9 Å². The fourth-order valence-electron chi connectivity index (χ4n) is 4.44. The number of aromatic nitrogens is 6. The van der Waals surface area contributed by atoms with Gasteiger partial charge in [-0.25, -0.2) is 14.8 Å². The monoisotopic (exact) mass is 443 g/mol. The molecule has 4 rings (SSSR count). The first kappa shape index (κ1) is 21.6. The van der Waals surface area contributed by atoms with Crippen LogP contribution in [0.25, 0.3) is 11.2 Å². The minimum absolute atomic E-state index is 0.313. The summed E-state index contributed by atoms with van der Waals surface area (Å²) in [5.41, 5.74) is 1.15. The third-order valence-corrected chi connectivity index (χ3v) is 6.64. The third-order valence-electron chi connectivity index (χ3n) is 5.80. The summed E-state index contributed by atoms with van der Waals surface area (Å²) in [4.78, 5) is 41.4. The molecule has 3 aromatic rings. The van der Waals surface area contributed by atoms with Crippen molar-refractivity contribution in [2.75, 3.05) is 23.7 Å². The van der Waals surface area contributed by atoms with Crippen LogP contribution in [0.5, 0.6) is 0 Å². The second-order valence-corrected chi connectivity index (χ2v) is 9.68. The van der Waals surface area contributed by atoms with Gasteiger partial charge in [0.25, 0.3) is 5.56 Å². The summed E-state index contributed by atoms with van der Waals surface area (Å²) in [6, 6.07) is 1.87. The molecule has 0 aromatic carbocycles. The summed E-state index contributed by atoms with van der Waals surface area (Å²) >= 11 is 1.55. The number of piperidine rings is 1. The molecule has 1 fully saturated rings. The number of hydrogen-bond donors (Lipinski definition) is 0. The smallest absolute Gasteiger partial charge is 0.332 e. The van der Waals surface area contributed by atoms with Crippen LogP contribution in [0.3, 0.4) is 0 Å². The van der Waals surface area contributed by atoms with Crippen molar-refractivity contribution in [1.82, 2.24) is 28.7 Å². The van der Waals surface area contributed by atoms with Crippen molar-refractivity contribution in [1.29, 1.82) is 0 Å². The van der Waals surface area contributed by atoms with Gasteiger partial charge in [-0.15, -0.1) is 0 Å². The van der Waals surface area contributed by atoms with Gasteiger partial charge in [0.15, 0.2) is 16.3 Å². The standard InChI is InChI=1S/C21H29N7O2S/c1-13-10-14(2)12-27(11-13)20-24-17-16(18(29)26(5)21(30)25(17)4)28(20)8-9-31-19-22-7-6-15(3)23-19/h6-7,13-14H,8-12H2,1-5H3. The Balaban J connectivity index is 1.76. The Morgan fingerprint density at radius 1 is 1.10 bits per heavy atom.